The first-order chi connectivity index (χ1) is 8.11. The van der Waals surface area contributed by atoms with Gasteiger partial charge in [-0.2, -0.15) is 0 Å². The number of rotatable bonds is 10. The van der Waals surface area contributed by atoms with E-state index in [4.69, 9.17) is 0 Å². The zero-order valence-corrected chi connectivity index (χ0v) is 12.5. The van der Waals surface area contributed by atoms with Gasteiger partial charge in [0.2, 0.25) is 0 Å². The molecular weight excluding hydrogens is 204 g/mol. The first-order valence-electron chi connectivity index (χ1n) is 7.42. The van der Waals surface area contributed by atoms with Crippen molar-refractivity contribution in [2.75, 3.05) is 0 Å². The third-order valence-electron chi connectivity index (χ3n) is 3.31. The summed E-state index contributed by atoms with van der Waals surface area (Å²) in [5, 5.41) is 0. The van der Waals surface area contributed by atoms with Gasteiger partial charge in [-0.15, -0.1) is 0 Å². The van der Waals surface area contributed by atoms with Crippen LogP contribution in [0.25, 0.3) is 0 Å². The molecule has 0 unspecified atom stereocenters. The fourth-order valence-electron chi connectivity index (χ4n) is 2.33. The van der Waals surface area contributed by atoms with Gasteiger partial charge >= 0.3 is 0 Å². The lowest BCUT2D eigenvalue weighted by atomic mass is 9.96. The summed E-state index contributed by atoms with van der Waals surface area (Å²) in [5.41, 5.74) is 3.04. The summed E-state index contributed by atoms with van der Waals surface area (Å²) in [6, 6.07) is 0. The molecule has 0 atom stereocenters. The normalized spacial score (nSPS) is 12.8. The van der Waals surface area contributed by atoms with Crippen LogP contribution in [0.1, 0.15) is 79.1 Å². The van der Waals surface area contributed by atoms with Crippen LogP contribution in [0.5, 0.6) is 0 Å². The topological polar surface area (TPSA) is 0 Å². The molecule has 0 amide bonds. The monoisotopic (exact) mass is 236 g/mol. The van der Waals surface area contributed by atoms with Crippen molar-refractivity contribution in [1.82, 2.24) is 0 Å². The third-order valence-corrected chi connectivity index (χ3v) is 3.31. The maximum absolute atomic E-state index is 3.96. The molecule has 0 bridgehead atoms. The molecule has 0 aromatic heterocycles. The summed E-state index contributed by atoms with van der Waals surface area (Å²) in [7, 11) is 0. The number of allylic oxidation sites excluding steroid dienone is 3. The second-order valence-electron chi connectivity index (χ2n) is 5.63. The molecule has 0 heterocycles. The van der Waals surface area contributed by atoms with Crippen molar-refractivity contribution in [1.29, 1.82) is 0 Å². The Morgan fingerprint density at radius 1 is 1.06 bits per heavy atom. The average molecular weight is 236 g/mol. The first kappa shape index (κ1) is 16.5. The molecule has 0 aliphatic carbocycles. The quantitative estimate of drug-likeness (QED) is 0.309. The minimum absolute atomic E-state index is 0.759. The summed E-state index contributed by atoms with van der Waals surface area (Å²) in [6.07, 6.45) is 12.8. The molecule has 0 aromatic carbocycles. The summed E-state index contributed by atoms with van der Waals surface area (Å²) in [5.74, 6) is 0.759. The molecule has 0 spiro atoms. The summed E-state index contributed by atoms with van der Waals surface area (Å²) >= 11 is 0. The molecule has 17 heavy (non-hydrogen) atoms. The maximum atomic E-state index is 3.96. The van der Waals surface area contributed by atoms with Gasteiger partial charge in [0.1, 0.15) is 0 Å². The Morgan fingerprint density at radius 2 is 1.65 bits per heavy atom. The second-order valence-corrected chi connectivity index (χ2v) is 5.63. The standard InChI is InChI=1S/C17H32/c1-6-8-9-10-11-12-13-17(7-2)16(5)14-15(3)4/h7,15H,2,6,8-14H2,1,3-5H3. The van der Waals surface area contributed by atoms with Crippen LogP contribution in [-0.4, -0.2) is 0 Å². The van der Waals surface area contributed by atoms with E-state index in [0.29, 0.717) is 0 Å². The zero-order chi connectivity index (χ0) is 13.1. The predicted molar refractivity (Wildman–Crippen MR) is 80.3 cm³/mol. The van der Waals surface area contributed by atoms with Crippen LogP contribution in [0.3, 0.4) is 0 Å². The lowest BCUT2D eigenvalue weighted by Gasteiger charge is -2.11. The van der Waals surface area contributed by atoms with E-state index >= 15 is 0 Å². The minimum Gasteiger partial charge on any atom is -0.0988 e. The first-order valence-corrected chi connectivity index (χ1v) is 7.42. The molecule has 100 valence electrons. The van der Waals surface area contributed by atoms with E-state index in [9.17, 15) is 0 Å². The van der Waals surface area contributed by atoms with Gasteiger partial charge in [0.05, 0.1) is 0 Å². The molecule has 0 aliphatic heterocycles. The van der Waals surface area contributed by atoms with Gasteiger partial charge in [-0.1, -0.05) is 71.1 Å². The van der Waals surface area contributed by atoms with E-state index < -0.39 is 0 Å². The minimum atomic E-state index is 0.759. The molecule has 0 nitrogen and oxygen atoms in total. The van der Waals surface area contributed by atoms with Crippen molar-refractivity contribution in [3.63, 3.8) is 0 Å². The molecule has 0 rings (SSSR count). The molecule has 0 saturated carbocycles. The van der Waals surface area contributed by atoms with Gasteiger partial charge < -0.3 is 0 Å². The molecular formula is C17H32. The third kappa shape index (κ3) is 9.21. The van der Waals surface area contributed by atoms with E-state index in [0.717, 1.165) is 5.92 Å². The van der Waals surface area contributed by atoms with Crippen LogP contribution in [-0.2, 0) is 0 Å². The van der Waals surface area contributed by atoms with Crippen LogP contribution in [0.15, 0.2) is 23.8 Å². The van der Waals surface area contributed by atoms with E-state index in [1.165, 1.54) is 56.9 Å². The van der Waals surface area contributed by atoms with Crippen molar-refractivity contribution in [3.8, 4) is 0 Å². The summed E-state index contributed by atoms with van der Waals surface area (Å²) in [4.78, 5) is 0. The number of hydrogen-bond acceptors (Lipinski definition) is 0. The van der Waals surface area contributed by atoms with Crippen molar-refractivity contribution in [2.45, 2.75) is 79.1 Å². The molecule has 0 radical (unpaired) electrons. The number of hydrogen-bond donors (Lipinski definition) is 0. The van der Waals surface area contributed by atoms with Crippen molar-refractivity contribution >= 4 is 0 Å². The van der Waals surface area contributed by atoms with Crippen LogP contribution in [0.4, 0.5) is 0 Å². The van der Waals surface area contributed by atoms with Gasteiger partial charge in [0.15, 0.2) is 0 Å². The highest BCUT2D eigenvalue weighted by Crippen LogP contribution is 2.20. The molecule has 0 fully saturated rings. The van der Waals surface area contributed by atoms with Crippen molar-refractivity contribution < 1.29 is 0 Å². The van der Waals surface area contributed by atoms with Gasteiger partial charge in [0.25, 0.3) is 0 Å². The molecule has 0 heteroatoms. The zero-order valence-electron chi connectivity index (χ0n) is 12.5. The van der Waals surface area contributed by atoms with Crippen molar-refractivity contribution in [3.05, 3.63) is 23.8 Å². The Hall–Kier alpha value is -0.520. The fraction of sp³-hybridized carbons (Fsp3) is 0.765. The van der Waals surface area contributed by atoms with E-state index in [1.807, 2.05) is 0 Å². The molecule has 0 aromatic rings. The van der Waals surface area contributed by atoms with E-state index in [2.05, 4.69) is 40.3 Å². The molecule has 0 N–H and O–H groups in total. The van der Waals surface area contributed by atoms with Gasteiger partial charge in [-0.3, -0.25) is 0 Å². The Morgan fingerprint density at radius 3 is 2.18 bits per heavy atom. The van der Waals surface area contributed by atoms with Gasteiger partial charge in [-0.25, -0.2) is 0 Å². The van der Waals surface area contributed by atoms with Crippen LogP contribution >= 0.6 is 0 Å². The highest BCUT2D eigenvalue weighted by molar-refractivity contribution is 5.22. The Kier molecular flexibility index (Phi) is 10.3. The Bertz CT molecular complexity index is 220. The average Bonchev–Trinajstić information content (AvgIpc) is 2.27. The molecule has 0 saturated heterocycles. The van der Waals surface area contributed by atoms with E-state index in [-0.39, 0.29) is 0 Å². The summed E-state index contributed by atoms with van der Waals surface area (Å²) < 4.78 is 0. The predicted octanol–water partition coefficient (Wildman–Crippen LogP) is 6.29. The molecule has 0 aliphatic rings. The summed E-state index contributed by atoms with van der Waals surface area (Å²) in [6.45, 7) is 13.1. The SMILES string of the molecule is C=CC(CCCCCCCC)=C(C)CC(C)C. The Labute approximate surface area is 109 Å². The smallest absolute Gasteiger partial charge is 0.0280 e. The number of unbranched alkanes of at least 4 members (excludes halogenated alkanes) is 5. The second kappa shape index (κ2) is 10.6. The Balaban J connectivity index is 3.85. The highest BCUT2D eigenvalue weighted by atomic mass is 14.1. The lowest BCUT2D eigenvalue weighted by molar-refractivity contribution is 0.602. The van der Waals surface area contributed by atoms with Gasteiger partial charge in [0, 0.05) is 0 Å². The van der Waals surface area contributed by atoms with Crippen LogP contribution in [0.2, 0.25) is 0 Å². The van der Waals surface area contributed by atoms with Crippen molar-refractivity contribution in [2.24, 2.45) is 5.92 Å². The lowest BCUT2D eigenvalue weighted by Crippen LogP contribution is -1.93. The highest BCUT2D eigenvalue weighted by Gasteiger charge is 2.02. The maximum Gasteiger partial charge on any atom is -0.0280 e. The van der Waals surface area contributed by atoms with Crippen LogP contribution in [0, 0.1) is 5.92 Å². The fourth-order valence-corrected chi connectivity index (χ4v) is 2.33. The van der Waals surface area contributed by atoms with E-state index in [1.54, 1.807) is 5.57 Å². The van der Waals surface area contributed by atoms with Crippen LogP contribution < -0.4 is 0 Å². The van der Waals surface area contributed by atoms with Gasteiger partial charge in [-0.05, 0) is 37.7 Å². The largest absolute Gasteiger partial charge is 0.0988 e.